The van der Waals surface area contributed by atoms with Gasteiger partial charge in [-0.05, 0) is 82.2 Å². The van der Waals surface area contributed by atoms with Gasteiger partial charge in [-0.3, -0.25) is 4.79 Å². The molecule has 3 fully saturated rings. The number of allylic oxidation sites excluding steroid dienone is 1. The maximum atomic E-state index is 13.2. The average Bonchev–Trinajstić information content (AvgIpc) is 2.79. The van der Waals surface area contributed by atoms with Gasteiger partial charge in [0.05, 0.1) is 6.10 Å². The molecule has 3 heteroatoms. The molecule has 0 aliphatic heterocycles. The number of Topliss-reactive ketones (excluding diaryl/α,β-unsaturated/α-hetero) is 1. The highest BCUT2D eigenvalue weighted by Gasteiger charge is 2.60. The molecule has 0 spiro atoms. The molecular weight excluding hydrogens is 310 g/mol. The molecule has 4 rings (SSSR count). The van der Waals surface area contributed by atoms with Crippen molar-refractivity contribution in [2.75, 3.05) is 20.6 Å². The number of carbonyl (C=O) groups is 1. The van der Waals surface area contributed by atoms with Gasteiger partial charge in [0, 0.05) is 17.9 Å². The number of ketones is 1. The third kappa shape index (κ3) is 2.56. The summed E-state index contributed by atoms with van der Waals surface area (Å²) in [7, 11) is 4.18. The lowest BCUT2D eigenvalue weighted by Gasteiger charge is -2.56. The maximum Gasteiger partial charge on any atom is 0.143 e. The molecule has 0 bridgehead atoms. The van der Waals surface area contributed by atoms with E-state index in [4.69, 9.17) is 0 Å². The molecule has 0 aromatic carbocycles. The first-order valence-electron chi connectivity index (χ1n) is 10.3. The minimum Gasteiger partial charge on any atom is -0.393 e. The lowest BCUT2D eigenvalue weighted by molar-refractivity contribution is -0.134. The summed E-state index contributed by atoms with van der Waals surface area (Å²) in [6.45, 7) is 5.64. The van der Waals surface area contributed by atoms with Crippen molar-refractivity contribution in [3.63, 3.8) is 0 Å². The van der Waals surface area contributed by atoms with E-state index < -0.39 is 0 Å². The molecular formula is C22H35NO2. The van der Waals surface area contributed by atoms with E-state index in [1.54, 1.807) is 0 Å². The standard InChI is InChI=1S/C22H35NO2/c1-21-9-7-16(24)12-15(21)5-6-17-18(21)8-10-22(2)19(17)11-14(20(22)25)13-23(3)4/h5,14,16-19,24H,6-13H2,1-4H3/t14-,16-,17-,18+,19+,21+,22+/m1/s1. The van der Waals surface area contributed by atoms with E-state index in [-0.39, 0.29) is 22.9 Å². The van der Waals surface area contributed by atoms with Crippen LogP contribution in [0.3, 0.4) is 0 Å². The summed E-state index contributed by atoms with van der Waals surface area (Å²) >= 11 is 0. The van der Waals surface area contributed by atoms with Gasteiger partial charge in [-0.1, -0.05) is 25.5 Å². The highest BCUT2D eigenvalue weighted by Crippen LogP contribution is 2.64. The van der Waals surface area contributed by atoms with Crippen LogP contribution in [0.25, 0.3) is 0 Å². The highest BCUT2D eigenvalue weighted by atomic mass is 16.3. The average molecular weight is 346 g/mol. The Bertz CT molecular complexity index is 597. The fourth-order valence-electron chi connectivity index (χ4n) is 7.18. The quantitative estimate of drug-likeness (QED) is 0.776. The second-order valence-electron chi connectivity index (χ2n) is 10.2. The van der Waals surface area contributed by atoms with E-state index in [0.29, 0.717) is 23.5 Å². The summed E-state index contributed by atoms with van der Waals surface area (Å²) in [5, 5.41) is 10.1. The second-order valence-corrected chi connectivity index (χ2v) is 10.2. The van der Waals surface area contributed by atoms with Crippen LogP contribution in [0.1, 0.15) is 58.8 Å². The normalized spacial score (nSPS) is 49.4. The Kier molecular flexibility index (Phi) is 4.20. The Morgan fingerprint density at radius 3 is 2.60 bits per heavy atom. The number of aliphatic hydroxyl groups excluding tert-OH is 1. The summed E-state index contributed by atoms with van der Waals surface area (Å²) in [6.07, 6.45) is 9.77. The zero-order chi connectivity index (χ0) is 18.0. The fourth-order valence-corrected chi connectivity index (χ4v) is 7.18. The third-order valence-corrected chi connectivity index (χ3v) is 8.53. The minimum atomic E-state index is -0.137. The zero-order valence-electron chi connectivity index (χ0n) is 16.4. The van der Waals surface area contributed by atoms with Crippen LogP contribution in [0.15, 0.2) is 11.6 Å². The van der Waals surface area contributed by atoms with Crippen LogP contribution in [0.4, 0.5) is 0 Å². The Balaban J connectivity index is 1.63. The Hall–Kier alpha value is -0.670. The summed E-state index contributed by atoms with van der Waals surface area (Å²) < 4.78 is 0. The number of hydrogen-bond acceptors (Lipinski definition) is 3. The monoisotopic (exact) mass is 345 g/mol. The Labute approximate surface area is 152 Å². The van der Waals surface area contributed by atoms with Gasteiger partial charge in [-0.2, -0.15) is 0 Å². The van der Waals surface area contributed by atoms with Gasteiger partial charge in [-0.15, -0.1) is 0 Å². The molecule has 0 aromatic rings. The van der Waals surface area contributed by atoms with Gasteiger partial charge in [0.2, 0.25) is 0 Å². The largest absolute Gasteiger partial charge is 0.393 e. The molecule has 4 aliphatic carbocycles. The summed E-state index contributed by atoms with van der Waals surface area (Å²) in [5.41, 5.74) is 1.70. The first-order valence-corrected chi connectivity index (χ1v) is 10.3. The molecule has 0 heterocycles. The molecule has 3 nitrogen and oxygen atoms in total. The van der Waals surface area contributed by atoms with Crippen LogP contribution >= 0.6 is 0 Å². The van der Waals surface area contributed by atoms with Gasteiger partial charge in [0.1, 0.15) is 5.78 Å². The topological polar surface area (TPSA) is 40.5 Å². The second kappa shape index (κ2) is 5.92. The lowest BCUT2D eigenvalue weighted by atomic mass is 9.48. The molecule has 0 unspecified atom stereocenters. The van der Waals surface area contributed by atoms with Crippen molar-refractivity contribution < 1.29 is 9.90 Å². The summed E-state index contributed by atoms with van der Waals surface area (Å²) in [5.74, 6) is 2.71. The molecule has 0 saturated heterocycles. The summed E-state index contributed by atoms with van der Waals surface area (Å²) in [4.78, 5) is 15.4. The van der Waals surface area contributed by atoms with E-state index >= 15 is 0 Å². The first kappa shape index (κ1) is 17.7. The van der Waals surface area contributed by atoms with Crippen LogP contribution in [0, 0.1) is 34.5 Å². The van der Waals surface area contributed by atoms with E-state index in [1.165, 1.54) is 12.0 Å². The fraction of sp³-hybridized carbons (Fsp3) is 0.864. The van der Waals surface area contributed by atoms with Crippen molar-refractivity contribution in [3.8, 4) is 0 Å². The predicted octanol–water partition coefficient (Wildman–Crippen LogP) is 3.67. The van der Waals surface area contributed by atoms with Crippen molar-refractivity contribution in [2.24, 2.45) is 34.5 Å². The Morgan fingerprint density at radius 2 is 1.88 bits per heavy atom. The van der Waals surface area contributed by atoms with E-state index in [9.17, 15) is 9.90 Å². The molecule has 0 radical (unpaired) electrons. The van der Waals surface area contributed by atoms with E-state index in [2.05, 4.69) is 38.9 Å². The van der Waals surface area contributed by atoms with Crippen molar-refractivity contribution >= 4 is 5.78 Å². The smallest absolute Gasteiger partial charge is 0.143 e. The van der Waals surface area contributed by atoms with Crippen molar-refractivity contribution in [1.82, 2.24) is 4.90 Å². The first-order chi connectivity index (χ1) is 11.8. The number of rotatable bonds is 2. The van der Waals surface area contributed by atoms with E-state index in [1.807, 2.05) is 0 Å². The number of carbonyl (C=O) groups excluding carboxylic acids is 1. The number of nitrogens with zero attached hydrogens (tertiary/aromatic N) is 1. The number of aliphatic hydroxyl groups is 1. The molecule has 25 heavy (non-hydrogen) atoms. The maximum absolute atomic E-state index is 13.2. The molecule has 7 atom stereocenters. The van der Waals surface area contributed by atoms with Gasteiger partial charge in [0.15, 0.2) is 0 Å². The zero-order valence-corrected chi connectivity index (χ0v) is 16.4. The predicted molar refractivity (Wildman–Crippen MR) is 100 cm³/mol. The van der Waals surface area contributed by atoms with Crippen LogP contribution in [0.5, 0.6) is 0 Å². The van der Waals surface area contributed by atoms with E-state index in [0.717, 1.165) is 45.1 Å². The SMILES string of the molecule is CN(C)C[C@H]1C[C@H]2[C@@H]3CC=C4C[C@H](O)CC[C@]4(C)[C@H]3CC[C@]2(C)C1=O. The lowest BCUT2D eigenvalue weighted by Crippen LogP contribution is -2.50. The summed E-state index contributed by atoms with van der Waals surface area (Å²) in [6, 6.07) is 0. The van der Waals surface area contributed by atoms with Crippen molar-refractivity contribution in [1.29, 1.82) is 0 Å². The van der Waals surface area contributed by atoms with Crippen molar-refractivity contribution in [2.45, 2.75) is 64.9 Å². The number of fused-ring (bicyclic) bond motifs is 5. The van der Waals surface area contributed by atoms with Crippen LogP contribution < -0.4 is 0 Å². The van der Waals surface area contributed by atoms with Crippen LogP contribution in [0.2, 0.25) is 0 Å². The molecule has 4 aliphatic rings. The van der Waals surface area contributed by atoms with Gasteiger partial charge in [-0.25, -0.2) is 0 Å². The molecule has 0 aromatic heterocycles. The molecule has 0 amide bonds. The Morgan fingerprint density at radius 1 is 1.16 bits per heavy atom. The van der Waals surface area contributed by atoms with Gasteiger partial charge in [0.25, 0.3) is 0 Å². The van der Waals surface area contributed by atoms with Gasteiger partial charge >= 0.3 is 0 Å². The van der Waals surface area contributed by atoms with Crippen LogP contribution in [-0.2, 0) is 4.79 Å². The van der Waals surface area contributed by atoms with Crippen LogP contribution in [-0.4, -0.2) is 42.5 Å². The minimum absolute atomic E-state index is 0.0856. The van der Waals surface area contributed by atoms with Gasteiger partial charge < -0.3 is 10.0 Å². The molecule has 140 valence electrons. The molecule has 1 N–H and O–H groups in total. The highest BCUT2D eigenvalue weighted by molar-refractivity contribution is 5.89. The van der Waals surface area contributed by atoms with Crippen molar-refractivity contribution in [3.05, 3.63) is 11.6 Å². The third-order valence-electron chi connectivity index (χ3n) is 8.53. The molecule has 3 saturated carbocycles. The number of hydrogen-bond donors (Lipinski definition) is 1.